The number of hydrogen-bond donors (Lipinski definition) is 3. The molecule has 0 spiro atoms. The lowest BCUT2D eigenvalue weighted by atomic mass is 9.78. The highest BCUT2D eigenvalue weighted by molar-refractivity contribution is 7.80. The van der Waals surface area contributed by atoms with E-state index in [1.807, 2.05) is 19.2 Å². The zero-order valence-electron chi connectivity index (χ0n) is 16.4. The second-order valence-corrected chi connectivity index (χ2v) is 8.28. The fourth-order valence-electron chi connectivity index (χ4n) is 3.67. The number of benzene rings is 1. The van der Waals surface area contributed by atoms with Crippen LogP contribution in [0, 0.1) is 5.92 Å². The number of Topliss-reactive ketones (excluding diaryl/α,β-unsaturated/α-hetero) is 1. The molecule has 1 aliphatic rings. The fraction of sp³-hybridized carbons (Fsp3) is 0.400. The minimum atomic E-state index is -5.13. The van der Waals surface area contributed by atoms with Crippen molar-refractivity contribution in [2.45, 2.75) is 31.8 Å². The van der Waals surface area contributed by atoms with Gasteiger partial charge in [-0.2, -0.15) is 13.2 Å². The fourth-order valence-corrected chi connectivity index (χ4v) is 4.66. The minimum absolute atomic E-state index is 0.129. The third kappa shape index (κ3) is 4.03. The number of ketones is 1. The SMILES string of the molecule is CCN(CC)c1ccc([C@@H]2NC(=S)N[C@@](O)(C(F)(F)F)[C@@H]2C(=O)c2cccs2)cc1. The van der Waals surface area contributed by atoms with E-state index in [4.69, 9.17) is 12.2 Å². The summed E-state index contributed by atoms with van der Waals surface area (Å²) in [5, 5.41) is 16.6. The average Bonchev–Trinajstić information content (AvgIpc) is 3.22. The standard InChI is InChI=1S/C20H22F3N3O2S2/c1-3-26(4-2)13-9-7-12(8-10-13)16-15(17(27)14-6-5-11-30-14)19(28,20(21,22)23)25-18(29)24-16/h5-11,15-16,28H,3-4H2,1-2H3,(H2,24,25,29)/t15-,16-,19-/m0/s1. The van der Waals surface area contributed by atoms with Gasteiger partial charge in [0.25, 0.3) is 0 Å². The van der Waals surface area contributed by atoms with Crippen LogP contribution in [0.25, 0.3) is 0 Å². The number of alkyl halides is 3. The lowest BCUT2D eigenvalue weighted by molar-refractivity contribution is -0.285. The normalized spacial score (nSPS) is 24.1. The van der Waals surface area contributed by atoms with E-state index in [-0.39, 0.29) is 9.99 Å². The molecule has 0 unspecified atom stereocenters. The van der Waals surface area contributed by atoms with E-state index in [9.17, 15) is 23.1 Å². The van der Waals surface area contributed by atoms with Gasteiger partial charge in [0.1, 0.15) is 5.92 Å². The molecule has 1 aromatic carbocycles. The Labute approximate surface area is 181 Å². The van der Waals surface area contributed by atoms with Gasteiger partial charge in [-0.15, -0.1) is 11.3 Å². The van der Waals surface area contributed by atoms with Gasteiger partial charge in [-0.05, 0) is 55.2 Å². The first-order chi connectivity index (χ1) is 14.1. The molecule has 0 saturated carbocycles. The van der Waals surface area contributed by atoms with Gasteiger partial charge in [-0.25, -0.2) is 0 Å². The zero-order valence-corrected chi connectivity index (χ0v) is 18.0. The van der Waals surface area contributed by atoms with Crippen molar-refractivity contribution in [2.75, 3.05) is 18.0 Å². The molecule has 2 aromatic rings. The summed E-state index contributed by atoms with van der Waals surface area (Å²) in [6.07, 6.45) is -5.13. The molecule has 3 N–H and O–H groups in total. The van der Waals surface area contributed by atoms with Crippen LogP contribution in [0.15, 0.2) is 41.8 Å². The van der Waals surface area contributed by atoms with Crippen LogP contribution in [0.2, 0.25) is 0 Å². The molecule has 0 bridgehead atoms. The first kappa shape index (κ1) is 22.5. The molecule has 3 rings (SSSR count). The van der Waals surface area contributed by atoms with Crippen molar-refractivity contribution in [3.8, 4) is 0 Å². The van der Waals surface area contributed by atoms with Crippen LogP contribution >= 0.6 is 23.6 Å². The maximum Gasteiger partial charge on any atom is 0.437 e. The molecule has 2 heterocycles. The maximum absolute atomic E-state index is 13.9. The largest absolute Gasteiger partial charge is 0.437 e. The van der Waals surface area contributed by atoms with Crippen molar-refractivity contribution >= 4 is 40.1 Å². The zero-order chi connectivity index (χ0) is 22.1. The molecule has 1 aromatic heterocycles. The second-order valence-electron chi connectivity index (χ2n) is 6.92. The van der Waals surface area contributed by atoms with Crippen molar-refractivity contribution in [3.63, 3.8) is 0 Å². The third-order valence-electron chi connectivity index (χ3n) is 5.23. The van der Waals surface area contributed by atoms with Crippen molar-refractivity contribution < 1.29 is 23.1 Å². The Kier molecular flexibility index (Phi) is 6.40. The van der Waals surface area contributed by atoms with Crippen molar-refractivity contribution in [1.29, 1.82) is 0 Å². The van der Waals surface area contributed by atoms with Crippen LogP contribution in [-0.2, 0) is 0 Å². The molecular formula is C20H22F3N3O2S2. The minimum Gasteiger partial charge on any atom is -0.372 e. The van der Waals surface area contributed by atoms with Crippen molar-refractivity contribution in [3.05, 3.63) is 52.2 Å². The van der Waals surface area contributed by atoms with Crippen LogP contribution in [0.4, 0.5) is 18.9 Å². The number of carbonyl (C=O) groups excluding carboxylic acids is 1. The van der Waals surface area contributed by atoms with Crippen LogP contribution in [-0.4, -0.2) is 41.0 Å². The summed E-state index contributed by atoms with van der Waals surface area (Å²) in [5.41, 5.74) is -2.17. The molecule has 1 fully saturated rings. The predicted molar refractivity (Wildman–Crippen MR) is 115 cm³/mol. The predicted octanol–water partition coefficient (Wildman–Crippen LogP) is 3.86. The molecule has 162 valence electrons. The molecule has 0 radical (unpaired) electrons. The number of carbonyl (C=O) groups is 1. The third-order valence-corrected chi connectivity index (χ3v) is 6.34. The number of thiocarbonyl (C=S) groups is 1. The van der Waals surface area contributed by atoms with Crippen LogP contribution < -0.4 is 15.5 Å². The smallest absolute Gasteiger partial charge is 0.372 e. The number of thiophene rings is 1. The molecule has 10 heteroatoms. The van der Waals surface area contributed by atoms with E-state index in [0.717, 1.165) is 30.1 Å². The number of hydrogen-bond acceptors (Lipinski definition) is 5. The molecule has 3 atom stereocenters. The van der Waals surface area contributed by atoms with Gasteiger partial charge >= 0.3 is 6.18 Å². The number of nitrogens with one attached hydrogen (secondary N) is 2. The first-order valence-electron chi connectivity index (χ1n) is 9.42. The van der Waals surface area contributed by atoms with Crippen molar-refractivity contribution in [2.24, 2.45) is 5.92 Å². The molecular weight excluding hydrogens is 435 g/mol. The van der Waals surface area contributed by atoms with Gasteiger partial charge in [0.05, 0.1) is 10.9 Å². The highest BCUT2D eigenvalue weighted by Crippen LogP contribution is 2.44. The average molecular weight is 458 g/mol. The highest BCUT2D eigenvalue weighted by atomic mass is 32.1. The Morgan fingerprint density at radius 3 is 2.37 bits per heavy atom. The summed E-state index contributed by atoms with van der Waals surface area (Å²) in [7, 11) is 0. The summed E-state index contributed by atoms with van der Waals surface area (Å²) in [6.45, 7) is 5.56. The molecule has 5 nitrogen and oxygen atoms in total. The topological polar surface area (TPSA) is 64.6 Å². The van der Waals surface area contributed by atoms with Crippen molar-refractivity contribution in [1.82, 2.24) is 10.6 Å². The van der Waals surface area contributed by atoms with E-state index in [1.165, 1.54) is 6.07 Å². The van der Waals surface area contributed by atoms with Gasteiger partial charge in [-0.1, -0.05) is 18.2 Å². The summed E-state index contributed by atoms with van der Waals surface area (Å²) in [4.78, 5) is 15.3. The quantitative estimate of drug-likeness (QED) is 0.452. The monoisotopic (exact) mass is 457 g/mol. The van der Waals surface area contributed by atoms with Gasteiger partial charge in [0, 0.05) is 18.8 Å². The Morgan fingerprint density at radius 1 is 1.23 bits per heavy atom. The van der Waals surface area contributed by atoms with Crippen LogP contribution in [0.5, 0.6) is 0 Å². The molecule has 1 aliphatic heterocycles. The summed E-state index contributed by atoms with van der Waals surface area (Å²) < 4.78 is 41.8. The van der Waals surface area contributed by atoms with E-state index in [1.54, 1.807) is 35.7 Å². The Bertz CT molecular complexity index is 899. The van der Waals surface area contributed by atoms with Gasteiger partial charge in [0.2, 0.25) is 5.72 Å². The molecule has 0 aliphatic carbocycles. The summed E-state index contributed by atoms with van der Waals surface area (Å²) >= 11 is 5.97. The number of anilines is 1. The lowest BCUT2D eigenvalue weighted by Crippen LogP contribution is -2.72. The van der Waals surface area contributed by atoms with E-state index < -0.39 is 29.6 Å². The van der Waals surface area contributed by atoms with E-state index in [2.05, 4.69) is 10.2 Å². The first-order valence-corrected chi connectivity index (χ1v) is 10.7. The summed E-state index contributed by atoms with van der Waals surface area (Å²) in [6, 6.07) is 8.74. The molecule has 1 saturated heterocycles. The van der Waals surface area contributed by atoms with E-state index >= 15 is 0 Å². The number of nitrogens with zero attached hydrogens (tertiary/aromatic N) is 1. The van der Waals surface area contributed by atoms with E-state index in [0.29, 0.717) is 5.56 Å². The summed E-state index contributed by atoms with van der Waals surface area (Å²) in [5.74, 6) is -2.69. The van der Waals surface area contributed by atoms with Crippen LogP contribution in [0.1, 0.15) is 35.1 Å². The van der Waals surface area contributed by atoms with Gasteiger partial charge in [-0.3, -0.25) is 4.79 Å². The number of halogens is 3. The molecule has 0 amide bonds. The number of aliphatic hydroxyl groups is 1. The van der Waals surface area contributed by atoms with Gasteiger partial charge in [0.15, 0.2) is 10.9 Å². The molecule has 30 heavy (non-hydrogen) atoms. The maximum atomic E-state index is 13.9. The second kappa shape index (κ2) is 8.52. The van der Waals surface area contributed by atoms with Gasteiger partial charge < -0.3 is 20.6 Å². The Balaban J connectivity index is 2.07. The number of rotatable bonds is 6. The Hall–Kier alpha value is -2.17. The van der Waals surface area contributed by atoms with Crippen LogP contribution in [0.3, 0.4) is 0 Å². The Morgan fingerprint density at radius 2 is 1.87 bits per heavy atom. The highest BCUT2D eigenvalue weighted by Gasteiger charge is 2.65. The lowest BCUT2D eigenvalue weighted by Gasteiger charge is -2.46.